The van der Waals surface area contributed by atoms with Gasteiger partial charge in [0.25, 0.3) is 0 Å². The Morgan fingerprint density at radius 2 is 2.09 bits per heavy atom. The van der Waals surface area contributed by atoms with Gasteiger partial charge in [-0.05, 0) is 29.7 Å². The lowest BCUT2D eigenvalue weighted by atomic mass is 10.0. The van der Waals surface area contributed by atoms with Gasteiger partial charge in [-0.2, -0.15) is 5.10 Å². The molecule has 0 saturated carbocycles. The summed E-state index contributed by atoms with van der Waals surface area (Å²) in [7, 11) is 0. The maximum absolute atomic E-state index is 11.5. The van der Waals surface area contributed by atoms with Gasteiger partial charge in [-0.1, -0.05) is 26.0 Å². The summed E-state index contributed by atoms with van der Waals surface area (Å²) >= 11 is 0. The Morgan fingerprint density at radius 3 is 2.73 bits per heavy atom. The minimum Gasteiger partial charge on any atom is -0.439 e. The highest BCUT2D eigenvalue weighted by molar-refractivity contribution is 5.35. The Hall–Kier alpha value is -2.89. The van der Waals surface area contributed by atoms with Crippen molar-refractivity contribution in [1.29, 1.82) is 0 Å². The van der Waals surface area contributed by atoms with Crippen molar-refractivity contribution in [2.24, 2.45) is 0 Å². The summed E-state index contributed by atoms with van der Waals surface area (Å²) in [6, 6.07) is 11.4. The maximum Gasteiger partial charge on any atom is 0.347 e. The minimum atomic E-state index is -0.305. The molecule has 0 unspecified atom stereocenters. The van der Waals surface area contributed by atoms with Gasteiger partial charge in [-0.25, -0.2) is 19.4 Å². The number of benzene rings is 1. The van der Waals surface area contributed by atoms with Crippen molar-refractivity contribution in [3.63, 3.8) is 0 Å². The van der Waals surface area contributed by atoms with Gasteiger partial charge in [-0.3, -0.25) is 0 Å². The number of ether oxygens (including phenoxy) is 1. The fourth-order valence-electron chi connectivity index (χ4n) is 2.07. The zero-order valence-electron chi connectivity index (χ0n) is 12.4. The molecule has 22 heavy (non-hydrogen) atoms. The number of H-pyrrole nitrogens is 1. The summed E-state index contributed by atoms with van der Waals surface area (Å²) in [5.74, 6) is 1.65. The Balaban J connectivity index is 1.81. The van der Waals surface area contributed by atoms with E-state index >= 15 is 0 Å². The fraction of sp³-hybridized carbons (Fsp3) is 0.188. The van der Waals surface area contributed by atoms with Gasteiger partial charge in [0.2, 0.25) is 5.88 Å². The molecule has 0 spiro atoms. The average molecular weight is 296 g/mol. The summed E-state index contributed by atoms with van der Waals surface area (Å²) in [4.78, 5) is 15.7. The monoisotopic (exact) mass is 296 g/mol. The van der Waals surface area contributed by atoms with Crippen LogP contribution in [0.25, 0.3) is 5.69 Å². The van der Waals surface area contributed by atoms with Crippen LogP contribution in [-0.4, -0.2) is 19.7 Å². The van der Waals surface area contributed by atoms with E-state index in [-0.39, 0.29) is 5.69 Å². The molecule has 0 aliphatic rings. The van der Waals surface area contributed by atoms with E-state index < -0.39 is 0 Å². The normalized spacial score (nSPS) is 10.9. The molecule has 0 radical (unpaired) electrons. The predicted molar refractivity (Wildman–Crippen MR) is 82.6 cm³/mol. The van der Waals surface area contributed by atoms with Crippen LogP contribution in [0.3, 0.4) is 0 Å². The summed E-state index contributed by atoms with van der Waals surface area (Å²) in [5, 5.41) is 6.02. The molecule has 1 aromatic carbocycles. The van der Waals surface area contributed by atoms with Crippen LogP contribution in [-0.2, 0) is 0 Å². The molecular formula is C16H16N4O2. The van der Waals surface area contributed by atoms with E-state index in [9.17, 15) is 4.79 Å². The highest BCUT2D eigenvalue weighted by Crippen LogP contribution is 2.24. The Labute approximate surface area is 127 Å². The van der Waals surface area contributed by atoms with E-state index in [2.05, 4.69) is 35.1 Å². The third kappa shape index (κ3) is 2.90. The number of aromatic amines is 1. The van der Waals surface area contributed by atoms with Crippen molar-refractivity contribution in [2.45, 2.75) is 19.8 Å². The first-order valence-electron chi connectivity index (χ1n) is 7.00. The lowest BCUT2D eigenvalue weighted by Crippen LogP contribution is -2.14. The molecule has 6 nitrogen and oxygen atoms in total. The van der Waals surface area contributed by atoms with Crippen molar-refractivity contribution in [1.82, 2.24) is 19.7 Å². The Morgan fingerprint density at radius 1 is 1.23 bits per heavy atom. The maximum atomic E-state index is 11.5. The topological polar surface area (TPSA) is 72.8 Å². The highest BCUT2D eigenvalue weighted by Gasteiger charge is 2.05. The molecule has 112 valence electrons. The van der Waals surface area contributed by atoms with E-state index in [0.29, 0.717) is 17.5 Å². The van der Waals surface area contributed by atoms with Crippen molar-refractivity contribution in [3.8, 4) is 17.3 Å². The van der Waals surface area contributed by atoms with Gasteiger partial charge >= 0.3 is 5.69 Å². The number of pyridine rings is 1. The standard InChI is InChI=1S/C16H16N4O2/c1-11(2)12-4-3-5-14(8-12)22-15-7-6-13(9-17-15)20-10-18-19-16(20)21/h3-11H,1-2H3,(H,19,21). The summed E-state index contributed by atoms with van der Waals surface area (Å²) in [6.45, 7) is 4.27. The first-order valence-corrected chi connectivity index (χ1v) is 7.00. The largest absolute Gasteiger partial charge is 0.439 e. The van der Waals surface area contributed by atoms with Gasteiger partial charge < -0.3 is 4.74 Å². The number of rotatable bonds is 4. The average Bonchev–Trinajstić information content (AvgIpc) is 2.94. The molecule has 0 atom stereocenters. The molecule has 3 rings (SSSR count). The van der Waals surface area contributed by atoms with Crippen LogP contribution in [0.5, 0.6) is 11.6 Å². The molecule has 0 saturated heterocycles. The number of hydrogen-bond acceptors (Lipinski definition) is 4. The SMILES string of the molecule is CC(C)c1cccc(Oc2ccc(-n3cn[nH]c3=O)cn2)c1. The minimum absolute atomic E-state index is 0.305. The van der Waals surface area contributed by atoms with Gasteiger partial charge in [0, 0.05) is 6.07 Å². The van der Waals surface area contributed by atoms with Crippen LogP contribution in [0.15, 0.2) is 53.7 Å². The molecule has 0 fully saturated rings. The second kappa shape index (κ2) is 5.85. The van der Waals surface area contributed by atoms with Crippen LogP contribution in [0.1, 0.15) is 25.3 Å². The van der Waals surface area contributed by atoms with Crippen LogP contribution >= 0.6 is 0 Å². The van der Waals surface area contributed by atoms with E-state index in [1.54, 1.807) is 18.3 Å². The van der Waals surface area contributed by atoms with Crippen molar-refractivity contribution >= 4 is 0 Å². The highest BCUT2D eigenvalue weighted by atomic mass is 16.5. The molecule has 1 N–H and O–H groups in total. The number of nitrogens with one attached hydrogen (secondary N) is 1. The molecule has 3 aromatic rings. The molecule has 0 amide bonds. The van der Waals surface area contributed by atoms with Gasteiger partial charge in [0.15, 0.2) is 0 Å². The lowest BCUT2D eigenvalue weighted by Gasteiger charge is -2.09. The summed E-state index contributed by atoms with van der Waals surface area (Å²) in [6.07, 6.45) is 2.98. The second-order valence-electron chi connectivity index (χ2n) is 5.22. The number of nitrogens with zero attached hydrogens (tertiary/aromatic N) is 3. The predicted octanol–water partition coefficient (Wildman–Crippen LogP) is 2.87. The van der Waals surface area contributed by atoms with E-state index in [0.717, 1.165) is 5.75 Å². The number of hydrogen-bond donors (Lipinski definition) is 1. The summed E-state index contributed by atoms with van der Waals surface area (Å²) < 4.78 is 7.12. The third-order valence-electron chi connectivity index (χ3n) is 3.30. The summed E-state index contributed by atoms with van der Waals surface area (Å²) in [5.41, 5.74) is 1.53. The zero-order chi connectivity index (χ0) is 15.5. The van der Waals surface area contributed by atoms with Crippen molar-refractivity contribution < 1.29 is 4.74 Å². The first-order chi connectivity index (χ1) is 10.6. The molecule has 6 heteroatoms. The molecular weight excluding hydrogens is 280 g/mol. The first kappa shape index (κ1) is 14.1. The van der Waals surface area contributed by atoms with E-state index in [4.69, 9.17) is 4.74 Å². The molecule has 2 heterocycles. The van der Waals surface area contributed by atoms with Gasteiger partial charge in [0.05, 0.1) is 11.9 Å². The van der Waals surface area contributed by atoms with Crippen LogP contribution in [0.4, 0.5) is 0 Å². The second-order valence-corrected chi connectivity index (χ2v) is 5.22. The van der Waals surface area contributed by atoms with E-state index in [1.165, 1.54) is 16.5 Å². The molecule has 0 aliphatic heterocycles. The molecule has 0 aliphatic carbocycles. The Kier molecular flexibility index (Phi) is 3.74. The molecule has 2 aromatic heterocycles. The van der Waals surface area contributed by atoms with Crippen molar-refractivity contribution in [3.05, 3.63) is 65.0 Å². The smallest absolute Gasteiger partial charge is 0.347 e. The van der Waals surface area contributed by atoms with Crippen LogP contribution in [0.2, 0.25) is 0 Å². The van der Waals surface area contributed by atoms with Gasteiger partial charge in [0.1, 0.15) is 12.1 Å². The Bertz CT molecular complexity index is 818. The molecule has 0 bridgehead atoms. The zero-order valence-corrected chi connectivity index (χ0v) is 12.4. The quantitative estimate of drug-likeness (QED) is 0.803. The van der Waals surface area contributed by atoms with Gasteiger partial charge in [-0.15, -0.1) is 0 Å². The van der Waals surface area contributed by atoms with Crippen LogP contribution in [0, 0.1) is 0 Å². The van der Waals surface area contributed by atoms with Crippen LogP contribution < -0.4 is 10.4 Å². The third-order valence-corrected chi connectivity index (χ3v) is 3.30. The lowest BCUT2D eigenvalue weighted by molar-refractivity contribution is 0.462. The van der Waals surface area contributed by atoms with E-state index in [1.807, 2.05) is 18.2 Å². The van der Waals surface area contributed by atoms with Crippen molar-refractivity contribution in [2.75, 3.05) is 0 Å². The number of aromatic nitrogens is 4. The fourth-order valence-corrected chi connectivity index (χ4v) is 2.07.